The van der Waals surface area contributed by atoms with Crippen molar-refractivity contribution in [1.29, 1.82) is 0 Å². The van der Waals surface area contributed by atoms with E-state index in [4.69, 9.17) is 0 Å². The Bertz CT molecular complexity index is 586. The lowest BCUT2D eigenvalue weighted by Gasteiger charge is -2.41. The standard InChI is InChI=1S/C21H30O3/c1-14-5-8-17(23)12-16(14)7-6-15-4-3-11-21(2)18(15)9-10-19(21)20(24)13-22/h6-7,17-19,22-23H,1,3-5,8-13H2,2H3/b15-6+,16-7-/t17-,18?,19+,21-/m0/s1. The largest absolute Gasteiger partial charge is 0.393 e. The number of ketones is 1. The molecule has 132 valence electrons. The highest BCUT2D eigenvalue weighted by Gasteiger charge is 2.51. The Hall–Kier alpha value is -1.19. The molecule has 0 aromatic rings. The monoisotopic (exact) mass is 330 g/mol. The number of fused-ring (bicyclic) bond motifs is 1. The number of rotatable bonds is 3. The second-order valence-corrected chi connectivity index (χ2v) is 8.10. The van der Waals surface area contributed by atoms with Gasteiger partial charge >= 0.3 is 0 Å². The Labute approximate surface area is 145 Å². The summed E-state index contributed by atoms with van der Waals surface area (Å²) in [6, 6.07) is 0. The van der Waals surface area contributed by atoms with Crippen LogP contribution >= 0.6 is 0 Å². The van der Waals surface area contributed by atoms with Gasteiger partial charge in [-0.25, -0.2) is 0 Å². The van der Waals surface area contributed by atoms with Crippen molar-refractivity contribution >= 4 is 5.78 Å². The van der Waals surface area contributed by atoms with Crippen molar-refractivity contribution < 1.29 is 15.0 Å². The zero-order chi connectivity index (χ0) is 17.3. The third-order valence-corrected chi connectivity index (χ3v) is 6.70. The van der Waals surface area contributed by atoms with E-state index in [9.17, 15) is 15.0 Å². The first-order valence-corrected chi connectivity index (χ1v) is 9.35. The van der Waals surface area contributed by atoms with Gasteiger partial charge in [0.25, 0.3) is 0 Å². The van der Waals surface area contributed by atoms with E-state index in [0.717, 1.165) is 50.5 Å². The number of allylic oxidation sites excluding steroid dienone is 4. The fraction of sp³-hybridized carbons (Fsp3) is 0.667. The van der Waals surface area contributed by atoms with E-state index >= 15 is 0 Å². The van der Waals surface area contributed by atoms with Crippen LogP contribution < -0.4 is 0 Å². The van der Waals surface area contributed by atoms with E-state index < -0.39 is 0 Å². The molecule has 3 aliphatic carbocycles. The minimum Gasteiger partial charge on any atom is -0.393 e. The van der Waals surface area contributed by atoms with Crippen LogP contribution in [0.5, 0.6) is 0 Å². The van der Waals surface area contributed by atoms with Gasteiger partial charge in [-0.2, -0.15) is 0 Å². The van der Waals surface area contributed by atoms with Crippen LogP contribution in [0.2, 0.25) is 0 Å². The number of Topliss-reactive ketones (excluding diaryl/α,β-unsaturated/α-hetero) is 1. The Morgan fingerprint density at radius 3 is 2.83 bits per heavy atom. The maximum absolute atomic E-state index is 12.1. The van der Waals surface area contributed by atoms with Crippen LogP contribution in [0.25, 0.3) is 0 Å². The van der Waals surface area contributed by atoms with Gasteiger partial charge in [0.15, 0.2) is 5.78 Å². The minimum absolute atomic E-state index is 0.00545. The number of hydrogen-bond acceptors (Lipinski definition) is 3. The molecule has 24 heavy (non-hydrogen) atoms. The molecule has 3 heteroatoms. The molecular weight excluding hydrogens is 300 g/mol. The van der Waals surface area contributed by atoms with E-state index in [1.54, 1.807) is 0 Å². The number of carbonyl (C=O) groups excluding carboxylic acids is 1. The highest BCUT2D eigenvalue weighted by molar-refractivity contribution is 5.83. The average Bonchev–Trinajstić information content (AvgIpc) is 2.92. The van der Waals surface area contributed by atoms with E-state index in [1.807, 2.05) is 0 Å². The van der Waals surface area contributed by atoms with Crippen LogP contribution in [0.3, 0.4) is 0 Å². The predicted molar refractivity (Wildman–Crippen MR) is 95.4 cm³/mol. The summed E-state index contributed by atoms with van der Waals surface area (Å²) >= 11 is 0. The summed E-state index contributed by atoms with van der Waals surface area (Å²) in [6.07, 6.45) is 11.8. The molecule has 0 aromatic heterocycles. The molecule has 1 unspecified atom stereocenters. The van der Waals surface area contributed by atoms with Crippen LogP contribution in [-0.4, -0.2) is 28.7 Å². The molecular formula is C21H30O3. The molecule has 4 atom stereocenters. The van der Waals surface area contributed by atoms with Crippen molar-refractivity contribution in [3.05, 3.63) is 35.5 Å². The highest BCUT2D eigenvalue weighted by atomic mass is 16.3. The summed E-state index contributed by atoms with van der Waals surface area (Å²) in [4.78, 5) is 12.1. The molecule has 2 N–H and O–H groups in total. The van der Waals surface area contributed by atoms with E-state index in [0.29, 0.717) is 12.3 Å². The maximum Gasteiger partial charge on any atom is 0.161 e. The average molecular weight is 330 g/mol. The molecule has 3 nitrogen and oxygen atoms in total. The summed E-state index contributed by atoms with van der Waals surface area (Å²) in [5, 5.41) is 19.2. The maximum atomic E-state index is 12.1. The SMILES string of the molecule is C=C1CC[C@H](O)C/C1=C/C=C1\CCC[C@@]2(C)C1CC[C@@H]2C(=O)CO. The summed E-state index contributed by atoms with van der Waals surface area (Å²) in [5.41, 5.74) is 3.77. The molecule has 0 amide bonds. The van der Waals surface area contributed by atoms with Crippen molar-refractivity contribution in [3.8, 4) is 0 Å². The van der Waals surface area contributed by atoms with Crippen molar-refractivity contribution in [2.45, 2.75) is 64.4 Å². The number of carbonyl (C=O) groups is 1. The molecule has 0 bridgehead atoms. The Morgan fingerprint density at radius 1 is 1.29 bits per heavy atom. The lowest BCUT2D eigenvalue weighted by molar-refractivity contribution is -0.129. The van der Waals surface area contributed by atoms with Crippen molar-refractivity contribution in [2.24, 2.45) is 17.3 Å². The van der Waals surface area contributed by atoms with E-state index in [1.165, 1.54) is 11.1 Å². The van der Waals surface area contributed by atoms with Gasteiger partial charge in [-0.05, 0) is 68.3 Å². The molecule has 3 fully saturated rings. The highest BCUT2D eigenvalue weighted by Crippen LogP contribution is 2.57. The Morgan fingerprint density at radius 2 is 2.08 bits per heavy atom. The Kier molecular flexibility index (Phi) is 5.12. The molecule has 3 aliphatic rings. The minimum atomic E-state index is -0.326. The molecule has 0 radical (unpaired) electrons. The second kappa shape index (κ2) is 6.97. The third-order valence-electron chi connectivity index (χ3n) is 6.70. The molecule has 0 spiro atoms. The quantitative estimate of drug-likeness (QED) is 0.829. The van der Waals surface area contributed by atoms with Crippen LogP contribution in [0, 0.1) is 17.3 Å². The van der Waals surface area contributed by atoms with Gasteiger partial charge < -0.3 is 10.2 Å². The van der Waals surface area contributed by atoms with Gasteiger partial charge in [-0.3, -0.25) is 4.79 Å². The predicted octanol–water partition coefficient (Wildman–Crippen LogP) is 3.72. The molecule has 0 saturated heterocycles. The fourth-order valence-corrected chi connectivity index (χ4v) is 5.27. The summed E-state index contributed by atoms with van der Waals surface area (Å²) in [7, 11) is 0. The first-order chi connectivity index (χ1) is 11.5. The summed E-state index contributed by atoms with van der Waals surface area (Å²) < 4.78 is 0. The smallest absolute Gasteiger partial charge is 0.161 e. The van der Waals surface area contributed by atoms with E-state index in [-0.39, 0.29) is 29.8 Å². The topological polar surface area (TPSA) is 57.5 Å². The zero-order valence-electron chi connectivity index (χ0n) is 14.8. The van der Waals surface area contributed by atoms with Crippen molar-refractivity contribution in [1.82, 2.24) is 0 Å². The van der Waals surface area contributed by atoms with Gasteiger partial charge in [0.1, 0.15) is 6.61 Å². The van der Waals surface area contributed by atoms with Crippen LogP contribution in [0.15, 0.2) is 35.5 Å². The lowest BCUT2D eigenvalue weighted by atomic mass is 9.62. The summed E-state index contributed by atoms with van der Waals surface area (Å²) in [5.74, 6) is 0.476. The number of aliphatic hydroxyl groups is 2. The van der Waals surface area contributed by atoms with E-state index in [2.05, 4.69) is 25.7 Å². The molecule has 3 saturated carbocycles. The number of hydrogen-bond donors (Lipinski definition) is 2. The number of aliphatic hydroxyl groups excluding tert-OH is 2. The lowest BCUT2D eigenvalue weighted by Crippen LogP contribution is -2.37. The fourth-order valence-electron chi connectivity index (χ4n) is 5.27. The second-order valence-electron chi connectivity index (χ2n) is 8.10. The van der Waals surface area contributed by atoms with Gasteiger partial charge in [0, 0.05) is 5.92 Å². The zero-order valence-corrected chi connectivity index (χ0v) is 14.8. The van der Waals surface area contributed by atoms with Gasteiger partial charge in [-0.1, -0.05) is 36.8 Å². The first kappa shape index (κ1) is 17.6. The van der Waals surface area contributed by atoms with Gasteiger partial charge in [0.05, 0.1) is 6.10 Å². The molecule has 0 heterocycles. The van der Waals surface area contributed by atoms with Crippen LogP contribution in [0.4, 0.5) is 0 Å². The summed E-state index contributed by atoms with van der Waals surface area (Å²) in [6.45, 7) is 6.06. The van der Waals surface area contributed by atoms with Crippen molar-refractivity contribution in [3.63, 3.8) is 0 Å². The van der Waals surface area contributed by atoms with Crippen molar-refractivity contribution in [2.75, 3.05) is 6.61 Å². The third kappa shape index (κ3) is 3.16. The first-order valence-electron chi connectivity index (χ1n) is 9.35. The molecule has 3 rings (SSSR count). The molecule has 0 aromatic carbocycles. The van der Waals surface area contributed by atoms with Crippen LogP contribution in [-0.2, 0) is 4.79 Å². The van der Waals surface area contributed by atoms with Gasteiger partial charge in [0.2, 0.25) is 0 Å². The Balaban J connectivity index is 1.82. The van der Waals surface area contributed by atoms with Gasteiger partial charge in [-0.15, -0.1) is 0 Å². The molecule has 0 aliphatic heterocycles. The van der Waals surface area contributed by atoms with Crippen LogP contribution in [0.1, 0.15) is 58.3 Å². The normalized spacial score (nSPS) is 40.1.